The molecule has 2 aromatic carbocycles. The van der Waals surface area contributed by atoms with Crippen LogP contribution in [-0.2, 0) is 0 Å². The first kappa shape index (κ1) is 16.9. The second kappa shape index (κ2) is 7.32. The summed E-state index contributed by atoms with van der Waals surface area (Å²) in [6.45, 7) is 1.82. The van der Waals surface area contributed by atoms with Crippen molar-refractivity contribution in [3.05, 3.63) is 77.1 Å². The Morgan fingerprint density at radius 1 is 1.04 bits per heavy atom. The van der Waals surface area contributed by atoms with E-state index in [1.165, 1.54) is 0 Å². The Balaban J connectivity index is 1.89. The van der Waals surface area contributed by atoms with Crippen molar-refractivity contribution >= 4 is 34.8 Å². The fourth-order valence-corrected chi connectivity index (χ4v) is 2.54. The Hall–Kier alpha value is -2.92. The third kappa shape index (κ3) is 3.95. The van der Waals surface area contributed by atoms with E-state index < -0.39 is 0 Å². The molecule has 25 heavy (non-hydrogen) atoms. The van der Waals surface area contributed by atoms with Crippen LogP contribution < -0.4 is 10.2 Å². The predicted molar refractivity (Wildman–Crippen MR) is 101 cm³/mol. The highest BCUT2D eigenvalue weighted by atomic mass is 35.5. The lowest BCUT2D eigenvalue weighted by Crippen LogP contribution is -2.27. The van der Waals surface area contributed by atoms with Gasteiger partial charge >= 0.3 is 0 Å². The highest BCUT2D eigenvalue weighted by Crippen LogP contribution is 2.23. The minimum atomic E-state index is -0.209. The lowest BCUT2D eigenvalue weighted by Gasteiger charge is -2.17. The summed E-state index contributed by atoms with van der Waals surface area (Å²) in [5.41, 5.74) is 2.48. The zero-order valence-corrected chi connectivity index (χ0v) is 14.7. The maximum Gasteiger partial charge on any atom is 0.276 e. The number of benzene rings is 2. The molecule has 1 heterocycles. The number of carbonyl (C=O) groups excluding carboxylic acids is 1. The van der Waals surface area contributed by atoms with Crippen LogP contribution in [0, 0.1) is 6.92 Å². The molecule has 0 bridgehead atoms. The molecular weight excluding hydrogens is 336 g/mol. The topological polar surface area (TPSA) is 58.1 Å². The van der Waals surface area contributed by atoms with Crippen LogP contribution >= 0.6 is 11.6 Å². The van der Waals surface area contributed by atoms with Gasteiger partial charge in [-0.3, -0.25) is 4.79 Å². The Morgan fingerprint density at radius 2 is 1.72 bits per heavy atom. The summed E-state index contributed by atoms with van der Waals surface area (Å²) in [5, 5.41) is 3.62. The number of hydrogen-bond acceptors (Lipinski definition) is 4. The van der Waals surface area contributed by atoms with Crippen molar-refractivity contribution in [2.45, 2.75) is 6.92 Å². The van der Waals surface area contributed by atoms with E-state index in [-0.39, 0.29) is 5.91 Å². The van der Waals surface area contributed by atoms with Crippen LogP contribution in [-0.4, -0.2) is 22.9 Å². The molecule has 0 aliphatic carbocycles. The second-order valence-corrected chi connectivity index (χ2v) is 5.93. The molecule has 0 aliphatic rings. The molecule has 0 spiro atoms. The number of aromatic nitrogens is 2. The lowest BCUT2D eigenvalue weighted by atomic mass is 10.2. The van der Waals surface area contributed by atoms with Crippen molar-refractivity contribution < 1.29 is 4.79 Å². The molecule has 0 radical (unpaired) electrons. The minimum absolute atomic E-state index is 0.209. The van der Waals surface area contributed by atoms with Gasteiger partial charge in [-0.1, -0.05) is 41.9 Å². The largest absolute Gasteiger partial charge is 0.323 e. The van der Waals surface area contributed by atoms with Crippen molar-refractivity contribution in [1.29, 1.82) is 0 Å². The number of amides is 1. The lowest BCUT2D eigenvalue weighted by molar-refractivity contribution is 0.0988. The van der Waals surface area contributed by atoms with Crippen LogP contribution in [0.15, 0.2) is 60.7 Å². The van der Waals surface area contributed by atoms with E-state index in [0.717, 1.165) is 5.69 Å². The summed E-state index contributed by atoms with van der Waals surface area (Å²) < 4.78 is 0. The molecule has 3 aromatic rings. The molecule has 0 atom stereocenters. The summed E-state index contributed by atoms with van der Waals surface area (Å²) in [6, 6.07) is 18.4. The second-order valence-electron chi connectivity index (χ2n) is 5.52. The quantitative estimate of drug-likeness (QED) is 0.753. The maximum absolute atomic E-state index is 12.8. The van der Waals surface area contributed by atoms with Crippen LogP contribution in [0.25, 0.3) is 0 Å². The Morgan fingerprint density at radius 3 is 2.44 bits per heavy atom. The fourth-order valence-electron chi connectivity index (χ4n) is 2.36. The summed E-state index contributed by atoms with van der Waals surface area (Å²) in [5.74, 6) is 0.122. The molecule has 6 heteroatoms. The van der Waals surface area contributed by atoms with Gasteiger partial charge in [-0.05, 0) is 37.3 Å². The van der Waals surface area contributed by atoms with Crippen LogP contribution in [0.3, 0.4) is 0 Å². The molecule has 5 nitrogen and oxygen atoms in total. The monoisotopic (exact) mass is 352 g/mol. The van der Waals surface area contributed by atoms with Crippen molar-refractivity contribution in [3.8, 4) is 0 Å². The molecule has 1 N–H and O–H groups in total. The van der Waals surface area contributed by atoms with Gasteiger partial charge in [0.1, 0.15) is 5.69 Å². The number of carbonyl (C=O) groups is 1. The van der Waals surface area contributed by atoms with Crippen molar-refractivity contribution in [3.63, 3.8) is 0 Å². The summed E-state index contributed by atoms with van der Waals surface area (Å²) >= 11 is 6.15. The number of aryl methyl sites for hydroxylation is 1. The number of hydrogen-bond donors (Lipinski definition) is 1. The first-order valence-corrected chi connectivity index (χ1v) is 8.13. The third-order valence-corrected chi connectivity index (χ3v) is 3.97. The zero-order valence-electron chi connectivity index (χ0n) is 13.9. The first-order chi connectivity index (χ1) is 12.0. The third-order valence-electron chi connectivity index (χ3n) is 3.64. The van der Waals surface area contributed by atoms with E-state index in [9.17, 15) is 4.79 Å². The van der Waals surface area contributed by atoms with Gasteiger partial charge in [0, 0.05) is 18.4 Å². The van der Waals surface area contributed by atoms with Gasteiger partial charge in [0.05, 0.1) is 10.7 Å². The van der Waals surface area contributed by atoms with Crippen LogP contribution in [0.4, 0.5) is 17.3 Å². The summed E-state index contributed by atoms with van der Waals surface area (Å²) in [7, 11) is 1.72. The Bertz CT molecular complexity index is 899. The molecule has 0 unspecified atom stereocenters. The standard InChI is InChI=1S/C19H17ClN4O/c1-13-12-17(18(25)24(2)14-8-4-3-5-9-14)23-19(21-13)22-16-11-7-6-10-15(16)20/h3-12H,1-2H3,(H,21,22,23). The zero-order chi connectivity index (χ0) is 17.8. The highest BCUT2D eigenvalue weighted by Gasteiger charge is 2.17. The SMILES string of the molecule is Cc1cc(C(=O)N(C)c2ccccc2)nc(Nc2ccccc2Cl)n1. The minimum Gasteiger partial charge on any atom is -0.323 e. The van der Waals surface area contributed by atoms with E-state index in [2.05, 4.69) is 15.3 Å². The molecule has 0 fully saturated rings. The van der Waals surface area contributed by atoms with E-state index >= 15 is 0 Å². The smallest absolute Gasteiger partial charge is 0.276 e. The van der Waals surface area contributed by atoms with Crippen LogP contribution in [0.5, 0.6) is 0 Å². The average Bonchev–Trinajstić information content (AvgIpc) is 2.62. The van der Waals surface area contributed by atoms with Gasteiger partial charge in [0.15, 0.2) is 0 Å². The number of nitrogens with zero attached hydrogens (tertiary/aromatic N) is 3. The number of nitrogens with one attached hydrogen (secondary N) is 1. The molecule has 1 aromatic heterocycles. The van der Waals surface area contributed by atoms with Gasteiger partial charge in [0.25, 0.3) is 5.91 Å². The molecule has 0 saturated heterocycles. The fraction of sp³-hybridized carbons (Fsp3) is 0.105. The predicted octanol–water partition coefficient (Wildman–Crippen LogP) is 4.46. The first-order valence-electron chi connectivity index (χ1n) is 7.75. The van der Waals surface area contributed by atoms with E-state index in [4.69, 9.17) is 11.6 Å². The van der Waals surface area contributed by atoms with E-state index in [0.29, 0.717) is 28.0 Å². The number of halogens is 1. The molecule has 1 amide bonds. The van der Waals surface area contributed by atoms with Gasteiger partial charge in [-0.2, -0.15) is 0 Å². The van der Waals surface area contributed by atoms with Crippen molar-refractivity contribution in [2.75, 3.05) is 17.3 Å². The molecule has 3 rings (SSSR count). The number of rotatable bonds is 4. The van der Waals surface area contributed by atoms with Gasteiger partial charge in [-0.15, -0.1) is 0 Å². The van der Waals surface area contributed by atoms with Crippen molar-refractivity contribution in [1.82, 2.24) is 9.97 Å². The van der Waals surface area contributed by atoms with Gasteiger partial charge < -0.3 is 10.2 Å². The molecule has 0 saturated carbocycles. The Labute approximate surface area is 151 Å². The van der Waals surface area contributed by atoms with Gasteiger partial charge in [-0.25, -0.2) is 9.97 Å². The molecular formula is C19H17ClN4O. The summed E-state index contributed by atoms with van der Waals surface area (Å²) in [4.78, 5) is 23.0. The number of anilines is 3. The van der Waals surface area contributed by atoms with Gasteiger partial charge in [0.2, 0.25) is 5.95 Å². The highest BCUT2D eigenvalue weighted by molar-refractivity contribution is 6.33. The Kier molecular flexibility index (Phi) is 4.95. The van der Waals surface area contributed by atoms with Crippen LogP contribution in [0.1, 0.15) is 16.2 Å². The maximum atomic E-state index is 12.8. The molecule has 0 aliphatic heterocycles. The number of para-hydroxylation sites is 2. The van der Waals surface area contributed by atoms with Crippen LogP contribution in [0.2, 0.25) is 5.02 Å². The van der Waals surface area contributed by atoms with E-state index in [1.54, 1.807) is 24.1 Å². The van der Waals surface area contributed by atoms with Crippen molar-refractivity contribution in [2.24, 2.45) is 0 Å². The molecule has 126 valence electrons. The average molecular weight is 353 g/mol. The summed E-state index contributed by atoms with van der Waals surface area (Å²) in [6.07, 6.45) is 0. The van der Waals surface area contributed by atoms with E-state index in [1.807, 2.05) is 55.5 Å². The normalized spacial score (nSPS) is 10.4.